The van der Waals surface area contributed by atoms with Crippen LogP contribution >= 0.6 is 23.8 Å². The van der Waals surface area contributed by atoms with Crippen molar-refractivity contribution in [1.82, 2.24) is 4.90 Å². The molecule has 2 rings (SSSR count). The number of halogens is 1. The van der Waals surface area contributed by atoms with Crippen LogP contribution in [0.4, 0.5) is 5.69 Å². The molecule has 24 heavy (non-hydrogen) atoms. The van der Waals surface area contributed by atoms with Gasteiger partial charge in [0.05, 0.1) is 43.9 Å². The number of hydrogen-bond acceptors (Lipinski definition) is 1. The molecule has 1 aromatic heterocycles. The van der Waals surface area contributed by atoms with Crippen molar-refractivity contribution in [2.24, 2.45) is 0 Å². The van der Waals surface area contributed by atoms with Crippen LogP contribution in [0.1, 0.15) is 18.5 Å². The first kappa shape index (κ1) is 18.6. The summed E-state index contributed by atoms with van der Waals surface area (Å²) in [5, 5.41) is 4.64. The summed E-state index contributed by atoms with van der Waals surface area (Å²) in [4.78, 5) is 6.66. The van der Waals surface area contributed by atoms with Gasteiger partial charge in [0.15, 0.2) is 17.5 Å². The highest BCUT2D eigenvalue weighted by Crippen LogP contribution is 2.24. The Balaban J connectivity index is 2.18. The molecule has 1 heterocycles. The second kappa shape index (κ2) is 8.97. The summed E-state index contributed by atoms with van der Waals surface area (Å²) in [6, 6.07) is 12.0. The zero-order valence-corrected chi connectivity index (χ0v) is 15.9. The summed E-state index contributed by atoms with van der Waals surface area (Å²) < 4.78 is 0. The molecular formula is C18H25ClN4S+2. The highest BCUT2D eigenvalue weighted by atomic mass is 35.5. The molecule has 0 spiro atoms. The van der Waals surface area contributed by atoms with Gasteiger partial charge in [0.1, 0.15) is 0 Å². The predicted octanol–water partition coefficient (Wildman–Crippen LogP) is 2.06. The van der Waals surface area contributed by atoms with E-state index >= 15 is 0 Å². The molecule has 6 heteroatoms. The zero-order chi connectivity index (χ0) is 17.5. The van der Waals surface area contributed by atoms with Crippen molar-refractivity contribution in [1.29, 1.82) is 0 Å². The first-order chi connectivity index (χ1) is 11.5. The number of H-pyrrole nitrogens is 1. The predicted molar refractivity (Wildman–Crippen MR) is 103 cm³/mol. The van der Waals surface area contributed by atoms with E-state index in [-0.39, 0.29) is 6.04 Å². The van der Waals surface area contributed by atoms with Gasteiger partial charge >= 0.3 is 0 Å². The largest absolute Gasteiger partial charge is 0.338 e. The van der Waals surface area contributed by atoms with E-state index in [0.29, 0.717) is 10.1 Å². The zero-order valence-electron chi connectivity index (χ0n) is 14.3. The second-order valence-electron chi connectivity index (χ2n) is 6.07. The van der Waals surface area contributed by atoms with Gasteiger partial charge in [-0.3, -0.25) is 0 Å². The molecule has 0 saturated heterocycles. The van der Waals surface area contributed by atoms with Gasteiger partial charge < -0.3 is 15.1 Å². The molecule has 1 aromatic carbocycles. The molecule has 128 valence electrons. The monoisotopic (exact) mass is 364 g/mol. The molecule has 0 aliphatic rings. The smallest absolute Gasteiger partial charge is 0.174 e. The quantitative estimate of drug-likeness (QED) is 0.770. The lowest BCUT2D eigenvalue weighted by Crippen LogP contribution is -3.06. The summed E-state index contributed by atoms with van der Waals surface area (Å²) in [6.07, 6.45) is 3.87. The number of quaternary nitrogens is 1. The maximum absolute atomic E-state index is 6.25. The number of aromatic amines is 1. The van der Waals surface area contributed by atoms with Crippen LogP contribution in [-0.4, -0.2) is 37.2 Å². The molecule has 4 nitrogen and oxygen atoms in total. The number of anilines is 1. The van der Waals surface area contributed by atoms with E-state index in [2.05, 4.69) is 48.4 Å². The number of thiocarbonyl (C=S) groups is 1. The highest BCUT2D eigenvalue weighted by Gasteiger charge is 2.20. The lowest BCUT2D eigenvalue weighted by atomic mass is 10.1. The van der Waals surface area contributed by atoms with Crippen LogP contribution in [0.15, 0.2) is 48.8 Å². The van der Waals surface area contributed by atoms with Crippen molar-refractivity contribution in [2.45, 2.75) is 13.0 Å². The Morgan fingerprint density at radius 2 is 1.92 bits per heavy atom. The molecule has 0 aliphatic heterocycles. The number of pyridine rings is 1. The normalized spacial score (nSPS) is 12.0. The van der Waals surface area contributed by atoms with Crippen molar-refractivity contribution < 1.29 is 9.88 Å². The number of rotatable bonds is 6. The summed E-state index contributed by atoms with van der Waals surface area (Å²) in [5.41, 5.74) is 2.05. The van der Waals surface area contributed by atoms with Gasteiger partial charge in [0.25, 0.3) is 0 Å². The van der Waals surface area contributed by atoms with E-state index in [4.69, 9.17) is 23.8 Å². The van der Waals surface area contributed by atoms with Gasteiger partial charge in [-0.1, -0.05) is 23.7 Å². The third-order valence-electron chi connectivity index (χ3n) is 3.92. The first-order valence-corrected chi connectivity index (χ1v) is 8.85. The molecular weight excluding hydrogens is 340 g/mol. The summed E-state index contributed by atoms with van der Waals surface area (Å²) >= 11 is 11.9. The topological polar surface area (TPSA) is 33.9 Å². The van der Waals surface area contributed by atoms with E-state index in [1.54, 1.807) is 0 Å². The first-order valence-electron chi connectivity index (χ1n) is 8.06. The van der Waals surface area contributed by atoms with Gasteiger partial charge in [0, 0.05) is 12.1 Å². The van der Waals surface area contributed by atoms with Crippen LogP contribution in [0.2, 0.25) is 5.02 Å². The van der Waals surface area contributed by atoms with Crippen molar-refractivity contribution >= 4 is 34.6 Å². The highest BCUT2D eigenvalue weighted by molar-refractivity contribution is 7.80. The average Bonchev–Trinajstić information content (AvgIpc) is 2.57. The Labute approximate surface area is 154 Å². The summed E-state index contributed by atoms with van der Waals surface area (Å²) in [7, 11) is 4.29. The van der Waals surface area contributed by atoms with Gasteiger partial charge in [-0.05, 0) is 36.8 Å². The van der Waals surface area contributed by atoms with E-state index in [1.807, 2.05) is 36.7 Å². The SMILES string of the molecule is CC(c1cc[nH+]cc1)N(CC[NH+](C)C)C(=S)Nc1ccccc1Cl. The lowest BCUT2D eigenvalue weighted by molar-refractivity contribution is -0.857. The van der Waals surface area contributed by atoms with Gasteiger partial charge in [-0.25, -0.2) is 4.98 Å². The van der Waals surface area contributed by atoms with Gasteiger partial charge in [-0.15, -0.1) is 0 Å². The Morgan fingerprint density at radius 3 is 2.54 bits per heavy atom. The molecule has 1 unspecified atom stereocenters. The fourth-order valence-electron chi connectivity index (χ4n) is 2.42. The van der Waals surface area contributed by atoms with Crippen LogP contribution in [-0.2, 0) is 0 Å². The van der Waals surface area contributed by atoms with Crippen molar-refractivity contribution in [3.05, 3.63) is 59.4 Å². The van der Waals surface area contributed by atoms with E-state index in [0.717, 1.165) is 18.8 Å². The second-order valence-corrected chi connectivity index (χ2v) is 6.86. The van der Waals surface area contributed by atoms with Crippen LogP contribution in [0.5, 0.6) is 0 Å². The Kier molecular flexibility index (Phi) is 6.97. The summed E-state index contributed by atoms with van der Waals surface area (Å²) in [6.45, 7) is 4.02. The molecule has 0 bridgehead atoms. The fraction of sp³-hybridized carbons (Fsp3) is 0.333. The average molecular weight is 365 g/mol. The van der Waals surface area contributed by atoms with E-state index in [9.17, 15) is 0 Å². The number of nitrogens with zero attached hydrogens (tertiary/aromatic N) is 1. The Bertz CT molecular complexity index is 663. The number of hydrogen-bond donors (Lipinski definition) is 2. The van der Waals surface area contributed by atoms with Crippen molar-refractivity contribution in [2.75, 3.05) is 32.5 Å². The van der Waals surface area contributed by atoms with E-state index in [1.165, 1.54) is 10.5 Å². The minimum atomic E-state index is 0.168. The molecule has 1 atom stereocenters. The van der Waals surface area contributed by atoms with Gasteiger partial charge in [0.2, 0.25) is 0 Å². The maximum atomic E-state index is 6.25. The van der Waals surface area contributed by atoms with Crippen LogP contribution in [0.3, 0.4) is 0 Å². The molecule has 0 saturated carbocycles. The maximum Gasteiger partial charge on any atom is 0.174 e. The van der Waals surface area contributed by atoms with Crippen LogP contribution < -0.4 is 15.2 Å². The number of nitrogens with one attached hydrogen (secondary N) is 3. The van der Waals surface area contributed by atoms with E-state index < -0.39 is 0 Å². The lowest BCUT2D eigenvalue weighted by Gasteiger charge is -2.32. The molecule has 0 radical (unpaired) electrons. The summed E-state index contributed by atoms with van der Waals surface area (Å²) in [5.74, 6) is 0. The standard InChI is InChI=1S/C18H23ClN4S/c1-14(15-8-10-20-11-9-15)23(13-12-22(2)3)18(24)21-17-7-5-4-6-16(17)19/h4-11,14H,12-13H2,1-3H3,(H,21,24)/p+2. The van der Waals surface area contributed by atoms with Gasteiger partial charge in [-0.2, -0.15) is 0 Å². The Morgan fingerprint density at radius 1 is 1.25 bits per heavy atom. The third kappa shape index (κ3) is 5.16. The number of benzene rings is 1. The molecule has 3 N–H and O–H groups in total. The fourth-order valence-corrected chi connectivity index (χ4v) is 2.97. The third-order valence-corrected chi connectivity index (χ3v) is 4.59. The van der Waals surface area contributed by atoms with Crippen molar-refractivity contribution in [3.63, 3.8) is 0 Å². The molecule has 0 aliphatic carbocycles. The number of likely N-dealkylation sites (N-methyl/N-ethyl adjacent to an activating group) is 1. The molecule has 0 fully saturated rings. The van der Waals surface area contributed by atoms with Crippen LogP contribution in [0.25, 0.3) is 0 Å². The molecule has 2 aromatic rings. The van der Waals surface area contributed by atoms with Crippen LogP contribution in [0, 0.1) is 0 Å². The minimum absolute atomic E-state index is 0.168. The molecule has 0 amide bonds. The Hall–Kier alpha value is -1.69. The number of para-hydroxylation sites is 1. The number of aromatic nitrogens is 1. The van der Waals surface area contributed by atoms with Crippen molar-refractivity contribution in [3.8, 4) is 0 Å². The minimum Gasteiger partial charge on any atom is -0.338 e.